The number of carbonyl (C=O) groups is 2. The highest BCUT2D eigenvalue weighted by molar-refractivity contribution is 6.36. The molecule has 6 rings (SSSR count). The molecule has 0 unspecified atom stereocenters. The molecule has 4 aliphatic rings. The maximum Gasteiger partial charge on any atom is 0.332 e. The van der Waals surface area contributed by atoms with Crippen molar-refractivity contribution in [1.29, 1.82) is 5.26 Å². The number of carbonyl (C=O) groups excluding carboxylic acids is 2. The zero-order valence-corrected chi connectivity index (χ0v) is 24.7. The molecular formula is C32H39ClN6O2. The van der Waals surface area contributed by atoms with Gasteiger partial charge in [-0.25, -0.2) is 9.69 Å². The van der Waals surface area contributed by atoms with Gasteiger partial charge in [-0.1, -0.05) is 23.7 Å². The van der Waals surface area contributed by atoms with Crippen LogP contribution in [0.2, 0.25) is 5.02 Å². The third kappa shape index (κ3) is 5.15. The van der Waals surface area contributed by atoms with E-state index in [1.165, 1.54) is 29.0 Å². The number of anilines is 3. The summed E-state index contributed by atoms with van der Waals surface area (Å²) < 4.78 is 0. The Labute approximate surface area is 248 Å². The number of benzene rings is 2. The van der Waals surface area contributed by atoms with Gasteiger partial charge in [-0.05, 0) is 81.3 Å². The van der Waals surface area contributed by atoms with Crippen LogP contribution in [0.5, 0.6) is 0 Å². The number of piperidine rings is 2. The Bertz CT molecular complexity index is 1320. The van der Waals surface area contributed by atoms with Crippen molar-refractivity contribution in [2.75, 3.05) is 60.5 Å². The average Bonchev–Trinajstić information content (AvgIpc) is 3.61. The van der Waals surface area contributed by atoms with Crippen molar-refractivity contribution in [3.8, 4) is 6.07 Å². The topological polar surface area (TPSA) is 74.1 Å². The largest absolute Gasteiger partial charge is 0.372 e. The molecule has 0 saturated carbocycles. The van der Waals surface area contributed by atoms with E-state index >= 15 is 0 Å². The second-order valence-electron chi connectivity index (χ2n) is 11.9. The number of imide groups is 1. The summed E-state index contributed by atoms with van der Waals surface area (Å²) in [5, 5.41) is 9.60. The number of nitriles is 1. The molecule has 9 heteroatoms. The quantitative estimate of drug-likeness (QED) is 0.424. The van der Waals surface area contributed by atoms with Crippen LogP contribution in [-0.2, 0) is 11.3 Å². The molecule has 2 aromatic rings. The molecule has 0 radical (unpaired) electrons. The van der Waals surface area contributed by atoms with E-state index in [1.807, 2.05) is 19.1 Å². The van der Waals surface area contributed by atoms with Crippen molar-refractivity contribution in [3.63, 3.8) is 0 Å². The highest BCUT2D eigenvalue weighted by atomic mass is 35.5. The lowest BCUT2D eigenvalue weighted by Crippen LogP contribution is -2.56. The van der Waals surface area contributed by atoms with Crippen LogP contribution in [-0.4, -0.2) is 73.1 Å². The average molecular weight is 575 g/mol. The molecule has 0 bridgehead atoms. The number of amides is 3. The predicted octanol–water partition coefficient (Wildman–Crippen LogP) is 5.50. The van der Waals surface area contributed by atoms with Crippen LogP contribution in [0, 0.1) is 17.2 Å². The first kappa shape index (κ1) is 27.9. The number of rotatable bonds is 6. The van der Waals surface area contributed by atoms with Gasteiger partial charge in [0.15, 0.2) is 0 Å². The maximum atomic E-state index is 14.0. The van der Waals surface area contributed by atoms with E-state index in [0.717, 1.165) is 64.3 Å². The lowest BCUT2D eigenvalue weighted by atomic mass is 9.85. The summed E-state index contributed by atoms with van der Waals surface area (Å²) in [6.07, 6.45) is 5.41. The van der Waals surface area contributed by atoms with E-state index in [4.69, 9.17) is 11.6 Å². The van der Waals surface area contributed by atoms with Crippen molar-refractivity contribution < 1.29 is 9.59 Å². The Morgan fingerprint density at radius 3 is 2.15 bits per heavy atom. The molecule has 2 aromatic carbocycles. The number of urea groups is 1. The Hall–Kier alpha value is -3.28. The molecule has 0 N–H and O–H groups in total. The zero-order chi connectivity index (χ0) is 28.6. The van der Waals surface area contributed by atoms with Crippen molar-refractivity contribution in [3.05, 3.63) is 53.1 Å². The number of hydrogen-bond donors (Lipinski definition) is 0. The molecule has 4 saturated heterocycles. The second-order valence-corrected chi connectivity index (χ2v) is 12.3. The van der Waals surface area contributed by atoms with Gasteiger partial charge in [-0.2, -0.15) is 5.26 Å². The van der Waals surface area contributed by atoms with Gasteiger partial charge in [0.2, 0.25) is 0 Å². The molecule has 4 heterocycles. The minimum atomic E-state index is -0.830. The van der Waals surface area contributed by atoms with Gasteiger partial charge in [-0.15, -0.1) is 0 Å². The van der Waals surface area contributed by atoms with Gasteiger partial charge >= 0.3 is 6.03 Å². The van der Waals surface area contributed by atoms with Crippen LogP contribution in [0.4, 0.5) is 21.9 Å². The lowest BCUT2D eigenvalue weighted by Gasteiger charge is -2.42. The summed E-state index contributed by atoms with van der Waals surface area (Å²) in [6.45, 7) is 8.63. The van der Waals surface area contributed by atoms with E-state index in [2.05, 4.69) is 45.0 Å². The highest BCUT2D eigenvalue weighted by Gasteiger charge is 2.58. The first-order chi connectivity index (χ1) is 19.9. The summed E-state index contributed by atoms with van der Waals surface area (Å²) in [4.78, 5) is 37.8. The summed E-state index contributed by atoms with van der Waals surface area (Å²) in [5.41, 5.74) is 3.15. The minimum Gasteiger partial charge on any atom is -0.372 e. The van der Waals surface area contributed by atoms with Crippen LogP contribution < -0.4 is 14.7 Å². The van der Waals surface area contributed by atoms with Crippen molar-refractivity contribution >= 4 is 40.6 Å². The summed E-state index contributed by atoms with van der Waals surface area (Å²) in [6, 6.07) is 16.6. The van der Waals surface area contributed by atoms with Gasteiger partial charge in [0.05, 0.1) is 16.8 Å². The Morgan fingerprint density at radius 1 is 0.902 bits per heavy atom. The molecule has 41 heavy (non-hydrogen) atoms. The number of halogens is 1. The van der Waals surface area contributed by atoms with E-state index < -0.39 is 5.54 Å². The fourth-order valence-electron chi connectivity index (χ4n) is 7.12. The van der Waals surface area contributed by atoms with Gasteiger partial charge in [-0.3, -0.25) is 9.69 Å². The summed E-state index contributed by atoms with van der Waals surface area (Å²) in [7, 11) is 0. The first-order valence-electron chi connectivity index (χ1n) is 15.1. The fourth-order valence-corrected chi connectivity index (χ4v) is 7.38. The van der Waals surface area contributed by atoms with E-state index in [1.54, 1.807) is 11.0 Å². The normalized spacial score (nSPS) is 21.8. The molecule has 4 aliphatic heterocycles. The summed E-state index contributed by atoms with van der Waals surface area (Å²) >= 11 is 6.74. The molecular weight excluding hydrogens is 536 g/mol. The minimum absolute atomic E-state index is 0.101. The fraction of sp³-hybridized carbons (Fsp3) is 0.531. The SMILES string of the molecule is CCN1C(=O)N(c2ccc(N3CCC(C#N)CC3)cc2Cl)C(=O)C12CCN(Cc1ccc(N3CCCC3)cc1)CC2. The monoisotopic (exact) mass is 574 g/mol. The number of hydrogen-bond acceptors (Lipinski definition) is 6. The van der Waals surface area contributed by atoms with Crippen molar-refractivity contribution in [2.24, 2.45) is 5.92 Å². The van der Waals surface area contributed by atoms with Gasteiger partial charge in [0.1, 0.15) is 5.54 Å². The number of nitrogens with zero attached hydrogens (tertiary/aromatic N) is 6. The van der Waals surface area contributed by atoms with Crippen LogP contribution in [0.1, 0.15) is 51.0 Å². The van der Waals surface area contributed by atoms with E-state index in [-0.39, 0.29) is 17.9 Å². The van der Waals surface area contributed by atoms with E-state index in [9.17, 15) is 14.9 Å². The Morgan fingerprint density at radius 2 is 1.54 bits per heavy atom. The Kier molecular flexibility index (Phi) is 7.84. The third-order valence-corrected chi connectivity index (χ3v) is 9.87. The molecule has 0 aromatic heterocycles. The van der Waals surface area contributed by atoms with Crippen molar-refractivity contribution in [2.45, 2.75) is 57.5 Å². The predicted molar refractivity (Wildman–Crippen MR) is 162 cm³/mol. The Balaban J connectivity index is 1.13. The number of likely N-dealkylation sites (N-methyl/N-ethyl adjacent to an activating group) is 1. The second kappa shape index (κ2) is 11.5. The first-order valence-corrected chi connectivity index (χ1v) is 15.5. The molecule has 0 aliphatic carbocycles. The molecule has 8 nitrogen and oxygen atoms in total. The van der Waals surface area contributed by atoms with Crippen LogP contribution in [0.3, 0.4) is 0 Å². The van der Waals surface area contributed by atoms with Crippen LogP contribution >= 0.6 is 11.6 Å². The van der Waals surface area contributed by atoms with Crippen LogP contribution in [0.25, 0.3) is 0 Å². The molecule has 1 spiro atoms. The lowest BCUT2D eigenvalue weighted by molar-refractivity contribution is -0.127. The molecule has 216 valence electrons. The standard InChI is InChI=1S/C32H39ClN6O2/c1-2-38-31(41)39(29-10-9-27(21-28(29)33)37-17-11-24(22-34)12-18-37)30(40)32(38)13-19-35(20-14-32)23-25-5-7-26(8-6-25)36-15-3-4-16-36/h5-10,21,24H,2-4,11-20,23H2,1H3. The van der Waals surface area contributed by atoms with Gasteiger partial charge in [0.25, 0.3) is 5.91 Å². The van der Waals surface area contributed by atoms with Gasteiger partial charge < -0.3 is 14.7 Å². The van der Waals surface area contributed by atoms with Gasteiger partial charge in [0, 0.05) is 69.7 Å². The molecule has 3 amide bonds. The maximum absolute atomic E-state index is 14.0. The molecule has 4 fully saturated rings. The highest BCUT2D eigenvalue weighted by Crippen LogP contribution is 2.42. The third-order valence-electron chi connectivity index (χ3n) is 9.57. The smallest absolute Gasteiger partial charge is 0.332 e. The number of likely N-dealkylation sites (tertiary alicyclic amines) is 1. The summed E-state index contributed by atoms with van der Waals surface area (Å²) in [5.74, 6) is -0.0627. The van der Waals surface area contributed by atoms with E-state index in [0.29, 0.717) is 30.1 Å². The van der Waals surface area contributed by atoms with Crippen LogP contribution in [0.15, 0.2) is 42.5 Å². The van der Waals surface area contributed by atoms with Crippen molar-refractivity contribution in [1.82, 2.24) is 9.80 Å². The zero-order valence-electron chi connectivity index (χ0n) is 23.9. The molecule has 0 atom stereocenters.